The van der Waals surface area contributed by atoms with Crippen LogP contribution < -0.4 is 16.0 Å². The lowest BCUT2D eigenvalue weighted by Gasteiger charge is -2.13. The molecular weight excluding hydrogens is 238 g/mol. The normalized spacial score (nSPS) is 11.9. The van der Waals surface area contributed by atoms with Gasteiger partial charge in [0.2, 0.25) is 5.91 Å². The third-order valence-electron chi connectivity index (χ3n) is 2.12. The summed E-state index contributed by atoms with van der Waals surface area (Å²) < 4.78 is 5.07. The zero-order valence-electron chi connectivity index (χ0n) is 11.0. The average molecular weight is 261 g/mol. The summed E-state index contributed by atoms with van der Waals surface area (Å²) in [5.74, 6) is -0.364. The first-order valence-electron chi connectivity index (χ1n) is 6.12. The molecule has 0 saturated carbocycles. The maximum atomic E-state index is 11.5. The highest BCUT2D eigenvalue weighted by molar-refractivity contribution is 5.96. The van der Waals surface area contributed by atoms with Crippen molar-refractivity contribution in [3.8, 4) is 0 Å². The van der Waals surface area contributed by atoms with Crippen LogP contribution in [-0.2, 0) is 9.53 Å². The van der Waals surface area contributed by atoms with E-state index in [0.29, 0.717) is 26.3 Å². The molecule has 0 heterocycles. The molecule has 7 heteroatoms. The number of rotatable bonds is 9. The van der Waals surface area contributed by atoms with E-state index in [2.05, 4.69) is 16.0 Å². The van der Waals surface area contributed by atoms with E-state index >= 15 is 0 Å². The van der Waals surface area contributed by atoms with Gasteiger partial charge in [0.1, 0.15) is 0 Å². The van der Waals surface area contributed by atoms with Crippen molar-refractivity contribution < 1.29 is 19.4 Å². The van der Waals surface area contributed by atoms with Gasteiger partial charge in [0.25, 0.3) is 0 Å². The van der Waals surface area contributed by atoms with Crippen LogP contribution in [0.2, 0.25) is 0 Å². The molecule has 3 amide bonds. The van der Waals surface area contributed by atoms with Crippen LogP contribution in [0.25, 0.3) is 0 Å². The number of aliphatic hydroxyl groups is 1. The fourth-order valence-corrected chi connectivity index (χ4v) is 1.18. The molecule has 0 spiro atoms. The molecule has 4 N–H and O–H groups in total. The Hall–Kier alpha value is -1.18. The van der Waals surface area contributed by atoms with Crippen LogP contribution in [0.1, 0.15) is 20.3 Å². The van der Waals surface area contributed by atoms with Crippen molar-refractivity contribution in [3.63, 3.8) is 0 Å². The van der Waals surface area contributed by atoms with Crippen LogP contribution in [0.4, 0.5) is 4.79 Å². The topological polar surface area (TPSA) is 99.7 Å². The molecule has 0 aromatic rings. The van der Waals surface area contributed by atoms with Crippen LogP contribution in [-0.4, -0.2) is 56.0 Å². The molecular formula is C11H23N3O4. The fraction of sp³-hybridized carbons (Fsp3) is 0.818. The van der Waals surface area contributed by atoms with Crippen molar-refractivity contribution in [1.29, 1.82) is 0 Å². The Morgan fingerprint density at radius 1 is 1.33 bits per heavy atom. The maximum Gasteiger partial charge on any atom is 0.321 e. The maximum absolute atomic E-state index is 11.5. The number of hydrogen-bond acceptors (Lipinski definition) is 5. The van der Waals surface area contributed by atoms with E-state index in [1.54, 1.807) is 13.8 Å². The summed E-state index contributed by atoms with van der Waals surface area (Å²) in [6.07, 6.45) is 0.735. The van der Waals surface area contributed by atoms with Crippen LogP contribution in [0.15, 0.2) is 0 Å². The van der Waals surface area contributed by atoms with Crippen molar-refractivity contribution >= 4 is 11.9 Å². The van der Waals surface area contributed by atoms with Crippen LogP contribution >= 0.6 is 0 Å². The zero-order chi connectivity index (χ0) is 13.8. The Balaban J connectivity index is 3.58. The highest BCUT2D eigenvalue weighted by Crippen LogP contribution is 1.85. The van der Waals surface area contributed by atoms with Gasteiger partial charge in [-0.05, 0) is 26.8 Å². The molecule has 106 valence electrons. The highest BCUT2D eigenvalue weighted by atomic mass is 16.5. The minimum absolute atomic E-state index is 0.0127. The van der Waals surface area contributed by atoms with Gasteiger partial charge in [0.05, 0.1) is 19.3 Å². The summed E-state index contributed by atoms with van der Waals surface area (Å²) in [6, 6.07) is -0.923. The van der Waals surface area contributed by atoms with Gasteiger partial charge in [-0.2, -0.15) is 0 Å². The smallest absolute Gasteiger partial charge is 0.321 e. The van der Waals surface area contributed by atoms with E-state index in [-0.39, 0.29) is 12.5 Å². The standard InChI is InChI=1S/C11H23N3O4/c1-3-12-11(17)14-10(16)9(2)13-5-4-7-18-8-6-15/h9,13,15H,3-8H2,1-2H3,(H2,12,14,16,17). The molecule has 7 nitrogen and oxygen atoms in total. The van der Waals surface area contributed by atoms with Gasteiger partial charge in [0, 0.05) is 13.2 Å². The molecule has 0 bridgehead atoms. The second-order valence-electron chi connectivity index (χ2n) is 3.71. The lowest BCUT2D eigenvalue weighted by Crippen LogP contribution is -2.48. The minimum Gasteiger partial charge on any atom is -0.394 e. The molecule has 0 saturated heterocycles. The third-order valence-corrected chi connectivity index (χ3v) is 2.12. The second kappa shape index (κ2) is 10.9. The number of aliphatic hydroxyl groups excluding tert-OH is 1. The summed E-state index contributed by atoms with van der Waals surface area (Å²) in [6.45, 7) is 5.41. The largest absolute Gasteiger partial charge is 0.394 e. The molecule has 18 heavy (non-hydrogen) atoms. The Bertz CT molecular complexity index is 248. The van der Waals surface area contributed by atoms with Crippen LogP contribution in [0.5, 0.6) is 0 Å². The number of urea groups is 1. The van der Waals surface area contributed by atoms with Crippen molar-refractivity contribution in [2.75, 3.05) is 32.9 Å². The number of imide groups is 1. The van der Waals surface area contributed by atoms with Crippen LogP contribution in [0.3, 0.4) is 0 Å². The Labute approximate surface area is 107 Å². The molecule has 0 rings (SSSR count). The monoisotopic (exact) mass is 261 g/mol. The van der Waals surface area contributed by atoms with E-state index in [4.69, 9.17) is 9.84 Å². The van der Waals surface area contributed by atoms with Gasteiger partial charge in [-0.15, -0.1) is 0 Å². The van der Waals surface area contributed by atoms with E-state index in [1.807, 2.05) is 0 Å². The quantitative estimate of drug-likeness (QED) is 0.408. The number of amides is 3. The van der Waals surface area contributed by atoms with Gasteiger partial charge < -0.3 is 20.5 Å². The minimum atomic E-state index is -0.484. The van der Waals surface area contributed by atoms with Crippen molar-refractivity contribution in [1.82, 2.24) is 16.0 Å². The van der Waals surface area contributed by atoms with E-state index in [1.165, 1.54) is 0 Å². The summed E-state index contributed by atoms with van der Waals surface area (Å²) in [7, 11) is 0. The first-order valence-corrected chi connectivity index (χ1v) is 6.12. The molecule has 1 atom stereocenters. The van der Waals surface area contributed by atoms with Gasteiger partial charge >= 0.3 is 6.03 Å². The van der Waals surface area contributed by atoms with Crippen molar-refractivity contribution in [2.24, 2.45) is 0 Å². The van der Waals surface area contributed by atoms with Gasteiger partial charge in [-0.25, -0.2) is 4.79 Å². The number of carbonyl (C=O) groups is 2. The molecule has 0 fully saturated rings. The number of nitrogens with one attached hydrogen (secondary N) is 3. The number of carbonyl (C=O) groups excluding carboxylic acids is 2. The van der Waals surface area contributed by atoms with Crippen molar-refractivity contribution in [2.45, 2.75) is 26.3 Å². The molecule has 0 radical (unpaired) electrons. The summed E-state index contributed by atoms with van der Waals surface area (Å²) >= 11 is 0. The fourth-order valence-electron chi connectivity index (χ4n) is 1.18. The highest BCUT2D eigenvalue weighted by Gasteiger charge is 2.14. The van der Waals surface area contributed by atoms with Gasteiger partial charge in [0.15, 0.2) is 0 Å². The number of ether oxygens (including phenoxy) is 1. The van der Waals surface area contributed by atoms with E-state index in [9.17, 15) is 9.59 Å². The van der Waals surface area contributed by atoms with E-state index < -0.39 is 12.1 Å². The Kier molecular flexibility index (Phi) is 10.2. The Morgan fingerprint density at radius 3 is 2.67 bits per heavy atom. The predicted molar refractivity (Wildman–Crippen MR) is 67.2 cm³/mol. The summed E-state index contributed by atoms with van der Waals surface area (Å²) in [5, 5.41) is 16.2. The molecule has 0 aromatic carbocycles. The summed E-state index contributed by atoms with van der Waals surface area (Å²) in [5.41, 5.74) is 0. The molecule has 1 unspecified atom stereocenters. The molecule has 0 aliphatic rings. The lowest BCUT2D eigenvalue weighted by atomic mass is 10.3. The predicted octanol–water partition coefficient (Wildman–Crippen LogP) is -0.791. The van der Waals surface area contributed by atoms with Gasteiger partial charge in [-0.3, -0.25) is 10.1 Å². The first kappa shape index (κ1) is 16.8. The van der Waals surface area contributed by atoms with E-state index in [0.717, 1.165) is 6.42 Å². The number of hydrogen-bond donors (Lipinski definition) is 4. The first-order chi connectivity index (χ1) is 8.61. The van der Waals surface area contributed by atoms with Gasteiger partial charge in [-0.1, -0.05) is 0 Å². The Morgan fingerprint density at radius 2 is 2.06 bits per heavy atom. The zero-order valence-corrected chi connectivity index (χ0v) is 11.0. The molecule has 0 aromatic heterocycles. The summed E-state index contributed by atoms with van der Waals surface area (Å²) in [4.78, 5) is 22.6. The second-order valence-corrected chi connectivity index (χ2v) is 3.71. The SMILES string of the molecule is CCNC(=O)NC(=O)C(C)NCCCOCCO. The average Bonchev–Trinajstić information content (AvgIpc) is 2.33. The third kappa shape index (κ3) is 8.91. The van der Waals surface area contributed by atoms with Crippen molar-refractivity contribution in [3.05, 3.63) is 0 Å². The lowest BCUT2D eigenvalue weighted by molar-refractivity contribution is -0.121. The van der Waals surface area contributed by atoms with Crippen LogP contribution in [0, 0.1) is 0 Å². The molecule has 0 aliphatic carbocycles. The molecule has 0 aliphatic heterocycles.